The fraction of sp³-hybridized carbons (Fsp3) is 0.226. The van der Waals surface area contributed by atoms with E-state index >= 15 is 0 Å². The summed E-state index contributed by atoms with van der Waals surface area (Å²) in [4.78, 5) is 41.8. The number of nitrogens with zero attached hydrogens (tertiary/aromatic N) is 7. The number of non-ortho nitro benzene ring substituents is 1. The van der Waals surface area contributed by atoms with Gasteiger partial charge in [0.15, 0.2) is 17.0 Å². The molecular formula is C31H30ClN9O3. The van der Waals surface area contributed by atoms with Crippen molar-refractivity contribution in [3.8, 4) is 0 Å². The number of amides is 2. The summed E-state index contributed by atoms with van der Waals surface area (Å²) < 4.78 is 1.91. The van der Waals surface area contributed by atoms with E-state index < -0.39 is 4.92 Å². The molecule has 1 aliphatic rings. The number of urea groups is 1. The highest BCUT2D eigenvalue weighted by molar-refractivity contribution is 6.30. The molecule has 0 unspecified atom stereocenters. The van der Waals surface area contributed by atoms with E-state index in [2.05, 4.69) is 51.7 Å². The van der Waals surface area contributed by atoms with Crippen molar-refractivity contribution in [1.29, 1.82) is 0 Å². The molecule has 1 saturated heterocycles. The number of hydrogen-bond acceptors (Lipinski definition) is 8. The second-order valence-corrected chi connectivity index (χ2v) is 11.0. The molecule has 1 fully saturated rings. The number of carbonyl (C=O) groups is 1. The Morgan fingerprint density at radius 2 is 1.61 bits per heavy atom. The highest BCUT2D eigenvalue weighted by Crippen LogP contribution is 2.25. The van der Waals surface area contributed by atoms with Crippen LogP contribution in [-0.4, -0.2) is 61.6 Å². The van der Waals surface area contributed by atoms with Gasteiger partial charge in [0.2, 0.25) is 5.95 Å². The molecule has 0 bridgehead atoms. The number of fused-ring (bicyclic) bond motifs is 1. The van der Waals surface area contributed by atoms with Crippen LogP contribution in [0.4, 0.5) is 27.9 Å². The molecule has 1 aliphatic heterocycles. The van der Waals surface area contributed by atoms with Gasteiger partial charge in [-0.15, -0.1) is 0 Å². The molecule has 3 heterocycles. The Hall–Kier alpha value is -5.23. The first-order valence-corrected chi connectivity index (χ1v) is 14.5. The number of nitro benzene ring substituents is 1. The Balaban J connectivity index is 1.23. The van der Waals surface area contributed by atoms with Crippen LogP contribution in [0, 0.1) is 17.0 Å². The minimum Gasteiger partial charge on any atom is -0.364 e. The summed E-state index contributed by atoms with van der Waals surface area (Å²) in [6.07, 6.45) is 1.71. The van der Waals surface area contributed by atoms with Crippen LogP contribution in [-0.2, 0) is 13.1 Å². The van der Waals surface area contributed by atoms with Gasteiger partial charge >= 0.3 is 6.03 Å². The molecule has 0 aliphatic carbocycles. The Morgan fingerprint density at radius 1 is 0.932 bits per heavy atom. The second kappa shape index (κ2) is 12.6. The van der Waals surface area contributed by atoms with Crippen molar-refractivity contribution < 1.29 is 9.72 Å². The number of nitrogens with one attached hydrogen (secondary N) is 2. The molecule has 0 spiro atoms. The third-order valence-electron chi connectivity index (χ3n) is 7.48. The van der Waals surface area contributed by atoms with Gasteiger partial charge in [0.25, 0.3) is 5.69 Å². The summed E-state index contributed by atoms with van der Waals surface area (Å²) >= 11 is 5.96. The number of benzene rings is 3. The number of rotatable bonds is 8. The van der Waals surface area contributed by atoms with Gasteiger partial charge in [0, 0.05) is 55.6 Å². The highest BCUT2D eigenvalue weighted by atomic mass is 35.5. The third kappa shape index (κ3) is 6.55. The molecule has 2 amide bonds. The maximum absolute atomic E-state index is 12.9. The number of aryl methyl sites for hydroxylation is 1. The molecule has 0 radical (unpaired) electrons. The maximum Gasteiger partial charge on any atom is 0.321 e. The van der Waals surface area contributed by atoms with Crippen LogP contribution in [0.3, 0.4) is 0 Å². The van der Waals surface area contributed by atoms with E-state index in [4.69, 9.17) is 21.6 Å². The lowest BCUT2D eigenvalue weighted by Gasteiger charge is -2.34. The minimum absolute atomic E-state index is 0.0393. The lowest BCUT2D eigenvalue weighted by atomic mass is 10.1. The lowest BCUT2D eigenvalue weighted by molar-refractivity contribution is -0.384. The van der Waals surface area contributed by atoms with Crippen molar-refractivity contribution in [3.05, 3.63) is 111 Å². The van der Waals surface area contributed by atoms with Crippen molar-refractivity contribution in [2.75, 3.05) is 41.7 Å². The topological polar surface area (TPSA) is 134 Å². The second-order valence-electron chi connectivity index (χ2n) is 10.6. The average Bonchev–Trinajstić information content (AvgIpc) is 3.44. The first kappa shape index (κ1) is 28.9. The summed E-state index contributed by atoms with van der Waals surface area (Å²) in [7, 11) is 0. The number of nitro groups is 1. The van der Waals surface area contributed by atoms with Gasteiger partial charge in [0.1, 0.15) is 0 Å². The predicted molar refractivity (Wildman–Crippen MR) is 170 cm³/mol. The lowest BCUT2D eigenvalue weighted by Crippen LogP contribution is -2.50. The summed E-state index contributed by atoms with van der Waals surface area (Å²) in [5.74, 6) is 1.14. The molecule has 0 atom stereocenters. The van der Waals surface area contributed by atoms with Gasteiger partial charge in [-0.25, -0.2) is 9.78 Å². The molecule has 3 aromatic carbocycles. The monoisotopic (exact) mass is 611 g/mol. The largest absolute Gasteiger partial charge is 0.364 e. The fourth-order valence-electron chi connectivity index (χ4n) is 4.97. The zero-order chi connectivity index (χ0) is 30.6. The van der Waals surface area contributed by atoms with Gasteiger partial charge in [0.05, 0.1) is 17.8 Å². The molecule has 224 valence electrons. The van der Waals surface area contributed by atoms with Crippen LogP contribution >= 0.6 is 11.6 Å². The van der Waals surface area contributed by atoms with Crippen LogP contribution < -0.4 is 15.5 Å². The molecule has 2 aromatic heterocycles. The number of carbonyl (C=O) groups excluding carboxylic acids is 1. The summed E-state index contributed by atoms with van der Waals surface area (Å²) in [5.41, 5.74) is 5.16. The SMILES string of the molecule is Cc1ccc(CNc2nc(N3CCN(C(=O)Nc4ccc(Cl)cc4)CC3)nc3c2ncn3Cc2ccc([N+](=O)[O-])cc2)cc1. The number of hydrogen-bond donors (Lipinski definition) is 2. The van der Waals surface area contributed by atoms with Crippen molar-refractivity contribution in [2.24, 2.45) is 0 Å². The first-order valence-electron chi connectivity index (χ1n) is 14.1. The first-order chi connectivity index (χ1) is 21.3. The highest BCUT2D eigenvalue weighted by Gasteiger charge is 2.25. The van der Waals surface area contributed by atoms with Crippen LogP contribution in [0.2, 0.25) is 5.02 Å². The Labute approximate surface area is 258 Å². The van der Waals surface area contributed by atoms with E-state index in [1.54, 1.807) is 47.6 Å². The van der Waals surface area contributed by atoms with Crippen molar-refractivity contribution in [1.82, 2.24) is 24.4 Å². The molecule has 2 N–H and O–H groups in total. The minimum atomic E-state index is -0.414. The Morgan fingerprint density at radius 3 is 2.30 bits per heavy atom. The summed E-state index contributed by atoms with van der Waals surface area (Å²) in [5, 5.41) is 18.1. The average molecular weight is 612 g/mol. The van der Waals surface area contributed by atoms with E-state index in [1.807, 2.05) is 4.57 Å². The van der Waals surface area contributed by atoms with Crippen LogP contribution in [0.15, 0.2) is 79.1 Å². The molecule has 13 heteroatoms. The summed E-state index contributed by atoms with van der Waals surface area (Å²) in [6.45, 7) is 5.13. The van der Waals surface area contributed by atoms with Crippen LogP contribution in [0.25, 0.3) is 11.2 Å². The number of piperazine rings is 1. The molecule has 0 saturated carbocycles. The summed E-state index contributed by atoms with van der Waals surface area (Å²) in [6, 6.07) is 21.6. The van der Waals surface area contributed by atoms with Gasteiger partial charge in [-0.05, 0) is 42.3 Å². The fourth-order valence-corrected chi connectivity index (χ4v) is 5.10. The van der Waals surface area contributed by atoms with Gasteiger partial charge in [-0.2, -0.15) is 9.97 Å². The zero-order valence-corrected chi connectivity index (χ0v) is 24.7. The van der Waals surface area contributed by atoms with E-state index in [1.165, 1.54) is 17.7 Å². The maximum atomic E-state index is 12.9. The number of aromatic nitrogens is 4. The van der Waals surface area contributed by atoms with Crippen LogP contribution in [0.5, 0.6) is 0 Å². The molecule has 5 aromatic rings. The quantitative estimate of drug-likeness (QED) is 0.168. The number of halogens is 1. The van der Waals surface area contributed by atoms with E-state index in [0.29, 0.717) is 72.9 Å². The standard InChI is InChI=1S/C31H30ClN9O3/c1-21-2-4-22(5-3-21)18-33-28-27-29(40(20-34-27)19-23-6-12-26(13-7-23)41(43)44)37-30(36-28)38-14-16-39(17-15-38)31(42)35-25-10-8-24(32)9-11-25/h2-13,20H,14-19H2,1H3,(H,35,42)(H,33,36,37). The van der Waals surface area contributed by atoms with Gasteiger partial charge in [-0.3, -0.25) is 10.1 Å². The molecular weight excluding hydrogens is 582 g/mol. The Bertz CT molecular complexity index is 1780. The van der Waals surface area contributed by atoms with Gasteiger partial charge in [-0.1, -0.05) is 53.6 Å². The smallest absolute Gasteiger partial charge is 0.321 e. The molecule has 6 rings (SSSR count). The van der Waals surface area contributed by atoms with Gasteiger partial charge < -0.3 is 25.0 Å². The van der Waals surface area contributed by atoms with Crippen molar-refractivity contribution in [2.45, 2.75) is 20.0 Å². The third-order valence-corrected chi connectivity index (χ3v) is 7.73. The van der Waals surface area contributed by atoms with Crippen molar-refractivity contribution in [3.63, 3.8) is 0 Å². The molecule has 44 heavy (non-hydrogen) atoms. The van der Waals surface area contributed by atoms with E-state index in [9.17, 15) is 14.9 Å². The normalized spacial score (nSPS) is 13.2. The van der Waals surface area contributed by atoms with Crippen molar-refractivity contribution >= 4 is 51.9 Å². The predicted octanol–water partition coefficient (Wildman–Crippen LogP) is 5.71. The number of imidazole rings is 1. The van der Waals surface area contributed by atoms with E-state index in [-0.39, 0.29) is 11.7 Å². The molecule has 12 nitrogen and oxygen atoms in total. The number of anilines is 3. The van der Waals surface area contributed by atoms with Crippen LogP contribution in [0.1, 0.15) is 16.7 Å². The Kier molecular flexibility index (Phi) is 8.24. The van der Waals surface area contributed by atoms with E-state index in [0.717, 1.165) is 11.1 Å². The zero-order valence-electron chi connectivity index (χ0n) is 24.0.